The van der Waals surface area contributed by atoms with E-state index in [9.17, 15) is 4.79 Å². The van der Waals surface area contributed by atoms with Crippen molar-refractivity contribution in [2.24, 2.45) is 0 Å². The Morgan fingerprint density at radius 2 is 2.21 bits per heavy atom. The second-order valence-electron chi connectivity index (χ2n) is 5.05. The lowest BCUT2D eigenvalue weighted by atomic mass is 10.1. The topological polar surface area (TPSA) is 71.7 Å². The SMILES string of the molecule is COCC(=O)Cc1nc(C2CN3CCN2CC3)no1. The molecule has 0 aromatic carbocycles. The lowest BCUT2D eigenvalue weighted by Gasteiger charge is -2.46. The molecule has 1 aromatic rings. The molecule has 2 bridgehead atoms. The third-order valence-corrected chi connectivity index (χ3v) is 3.71. The Labute approximate surface area is 111 Å². The van der Waals surface area contributed by atoms with Gasteiger partial charge in [-0.15, -0.1) is 0 Å². The van der Waals surface area contributed by atoms with E-state index in [1.165, 1.54) is 7.11 Å². The minimum atomic E-state index is -0.0491. The van der Waals surface area contributed by atoms with E-state index in [0.29, 0.717) is 11.7 Å². The number of carbonyl (C=O) groups is 1. The van der Waals surface area contributed by atoms with Crippen molar-refractivity contribution in [3.8, 4) is 0 Å². The van der Waals surface area contributed by atoms with Crippen molar-refractivity contribution in [3.63, 3.8) is 0 Å². The van der Waals surface area contributed by atoms with E-state index in [1.807, 2.05) is 0 Å². The number of Topliss-reactive ketones (excluding diaryl/α,β-unsaturated/α-hetero) is 1. The first-order chi connectivity index (χ1) is 9.26. The highest BCUT2D eigenvalue weighted by molar-refractivity contribution is 5.81. The van der Waals surface area contributed by atoms with Crippen molar-refractivity contribution in [1.29, 1.82) is 0 Å². The summed E-state index contributed by atoms with van der Waals surface area (Å²) in [6.07, 6.45) is 0.150. The molecule has 1 unspecified atom stereocenters. The van der Waals surface area contributed by atoms with Crippen molar-refractivity contribution in [3.05, 3.63) is 11.7 Å². The van der Waals surface area contributed by atoms with Crippen LogP contribution in [-0.4, -0.2) is 72.2 Å². The van der Waals surface area contributed by atoms with E-state index in [0.717, 1.165) is 32.7 Å². The molecule has 1 aromatic heterocycles. The van der Waals surface area contributed by atoms with Crippen molar-refractivity contribution < 1.29 is 14.1 Å². The molecule has 0 amide bonds. The maximum Gasteiger partial charge on any atom is 0.234 e. The van der Waals surface area contributed by atoms with Gasteiger partial charge in [-0.3, -0.25) is 14.6 Å². The summed E-state index contributed by atoms with van der Waals surface area (Å²) in [5.74, 6) is 1.03. The first-order valence-electron chi connectivity index (χ1n) is 6.56. The molecule has 7 nitrogen and oxygen atoms in total. The van der Waals surface area contributed by atoms with Gasteiger partial charge in [0.2, 0.25) is 5.89 Å². The summed E-state index contributed by atoms with van der Waals surface area (Å²) in [5.41, 5.74) is 0. The fourth-order valence-electron chi connectivity index (χ4n) is 2.72. The molecule has 4 rings (SSSR count). The summed E-state index contributed by atoms with van der Waals surface area (Å²) >= 11 is 0. The van der Waals surface area contributed by atoms with Gasteiger partial charge in [-0.05, 0) is 0 Å². The number of rotatable bonds is 5. The van der Waals surface area contributed by atoms with Crippen LogP contribution in [0.1, 0.15) is 17.8 Å². The van der Waals surface area contributed by atoms with Gasteiger partial charge in [0.15, 0.2) is 11.6 Å². The van der Waals surface area contributed by atoms with E-state index >= 15 is 0 Å². The Morgan fingerprint density at radius 3 is 2.84 bits per heavy atom. The van der Waals surface area contributed by atoms with E-state index in [-0.39, 0.29) is 24.9 Å². The maximum absolute atomic E-state index is 11.5. The van der Waals surface area contributed by atoms with Crippen LogP contribution in [-0.2, 0) is 16.0 Å². The van der Waals surface area contributed by atoms with Crippen LogP contribution in [0.5, 0.6) is 0 Å². The van der Waals surface area contributed by atoms with Crippen LogP contribution < -0.4 is 0 Å². The van der Waals surface area contributed by atoms with Crippen LogP contribution >= 0.6 is 0 Å². The van der Waals surface area contributed by atoms with Gasteiger partial charge in [-0.25, -0.2) is 0 Å². The number of fused-ring (bicyclic) bond motifs is 3. The Balaban J connectivity index is 1.66. The summed E-state index contributed by atoms with van der Waals surface area (Å²) in [4.78, 5) is 20.6. The van der Waals surface area contributed by atoms with Gasteiger partial charge >= 0.3 is 0 Å². The highest BCUT2D eigenvalue weighted by Gasteiger charge is 2.35. The molecule has 104 valence electrons. The molecule has 4 heterocycles. The Kier molecular flexibility index (Phi) is 3.58. The zero-order valence-corrected chi connectivity index (χ0v) is 11.0. The van der Waals surface area contributed by atoms with Gasteiger partial charge in [-0.1, -0.05) is 5.16 Å². The van der Waals surface area contributed by atoms with E-state index < -0.39 is 0 Å². The molecule has 3 saturated heterocycles. The quantitative estimate of drug-likeness (QED) is 0.711. The van der Waals surface area contributed by atoms with Crippen molar-refractivity contribution in [2.75, 3.05) is 46.4 Å². The molecule has 7 heteroatoms. The molecule has 3 aliphatic rings. The van der Waals surface area contributed by atoms with Crippen LogP contribution in [0.4, 0.5) is 0 Å². The fraction of sp³-hybridized carbons (Fsp3) is 0.750. The fourth-order valence-corrected chi connectivity index (χ4v) is 2.72. The monoisotopic (exact) mass is 266 g/mol. The van der Waals surface area contributed by atoms with Gasteiger partial charge in [0.25, 0.3) is 0 Å². The molecule has 0 spiro atoms. The first-order valence-corrected chi connectivity index (χ1v) is 6.56. The summed E-state index contributed by atoms with van der Waals surface area (Å²) in [6, 6.07) is 0.206. The number of nitrogens with zero attached hydrogens (tertiary/aromatic N) is 4. The largest absolute Gasteiger partial charge is 0.377 e. The van der Waals surface area contributed by atoms with Crippen molar-refractivity contribution >= 4 is 5.78 Å². The van der Waals surface area contributed by atoms with Crippen LogP contribution in [0.25, 0.3) is 0 Å². The zero-order chi connectivity index (χ0) is 13.2. The van der Waals surface area contributed by atoms with Crippen LogP contribution in [0.2, 0.25) is 0 Å². The van der Waals surface area contributed by atoms with Crippen molar-refractivity contribution in [1.82, 2.24) is 19.9 Å². The average molecular weight is 266 g/mol. The third-order valence-electron chi connectivity index (χ3n) is 3.71. The minimum Gasteiger partial charge on any atom is -0.377 e. The summed E-state index contributed by atoms with van der Waals surface area (Å²) in [7, 11) is 1.50. The predicted molar refractivity (Wildman–Crippen MR) is 65.6 cm³/mol. The molecule has 3 fully saturated rings. The summed E-state index contributed by atoms with van der Waals surface area (Å²) in [6.45, 7) is 5.38. The number of ketones is 1. The first kappa shape index (κ1) is 12.7. The molecule has 0 N–H and O–H groups in total. The lowest BCUT2D eigenvalue weighted by Crippen LogP contribution is -2.57. The molecule has 0 aliphatic carbocycles. The molecule has 3 aliphatic heterocycles. The van der Waals surface area contributed by atoms with Gasteiger partial charge in [0.05, 0.1) is 12.5 Å². The second kappa shape index (κ2) is 5.36. The Hall–Kier alpha value is -1.31. The van der Waals surface area contributed by atoms with Gasteiger partial charge in [0.1, 0.15) is 6.61 Å². The standard InChI is InChI=1S/C12H18N4O3/c1-18-8-9(17)6-11-13-12(14-19-11)10-7-15-2-4-16(10)5-3-15/h10H,2-8H2,1H3. The van der Waals surface area contributed by atoms with Crippen LogP contribution in [0, 0.1) is 0 Å². The molecule has 0 saturated carbocycles. The van der Waals surface area contributed by atoms with Gasteiger partial charge in [-0.2, -0.15) is 4.98 Å². The van der Waals surface area contributed by atoms with Crippen LogP contribution in [0.15, 0.2) is 4.52 Å². The van der Waals surface area contributed by atoms with Gasteiger partial charge in [0, 0.05) is 39.8 Å². The van der Waals surface area contributed by atoms with E-state index in [4.69, 9.17) is 9.26 Å². The number of hydrogen-bond donors (Lipinski definition) is 0. The van der Waals surface area contributed by atoms with E-state index in [1.54, 1.807) is 0 Å². The van der Waals surface area contributed by atoms with E-state index in [2.05, 4.69) is 19.9 Å². The summed E-state index contributed by atoms with van der Waals surface area (Å²) in [5, 5.41) is 4.02. The summed E-state index contributed by atoms with van der Waals surface area (Å²) < 4.78 is 9.94. The highest BCUT2D eigenvalue weighted by atomic mass is 16.5. The van der Waals surface area contributed by atoms with Crippen LogP contribution in [0.3, 0.4) is 0 Å². The maximum atomic E-state index is 11.5. The number of ether oxygens (including phenoxy) is 1. The third kappa shape index (κ3) is 2.68. The predicted octanol–water partition coefficient (Wildman–Crippen LogP) is -0.500. The Bertz CT molecular complexity index is 454. The number of hydrogen-bond acceptors (Lipinski definition) is 7. The smallest absolute Gasteiger partial charge is 0.234 e. The molecule has 0 radical (unpaired) electrons. The lowest BCUT2D eigenvalue weighted by molar-refractivity contribution is -0.122. The second-order valence-corrected chi connectivity index (χ2v) is 5.05. The zero-order valence-electron chi connectivity index (χ0n) is 11.0. The average Bonchev–Trinajstić information content (AvgIpc) is 2.88. The number of piperazine rings is 3. The molecule has 19 heavy (non-hydrogen) atoms. The highest BCUT2D eigenvalue weighted by Crippen LogP contribution is 2.26. The minimum absolute atomic E-state index is 0.0491. The van der Waals surface area contributed by atoms with Gasteiger partial charge < -0.3 is 9.26 Å². The normalized spacial score (nSPS) is 29.6. The number of methoxy groups -OCH3 is 1. The van der Waals surface area contributed by atoms with Crippen molar-refractivity contribution in [2.45, 2.75) is 12.5 Å². The molecule has 1 atom stereocenters. The Morgan fingerprint density at radius 1 is 1.42 bits per heavy atom. The number of carbonyl (C=O) groups excluding carboxylic acids is 1. The molecular weight excluding hydrogens is 248 g/mol. The molecular formula is C12H18N4O3. The number of aromatic nitrogens is 2.